The summed E-state index contributed by atoms with van der Waals surface area (Å²) in [6, 6.07) is 0. The summed E-state index contributed by atoms with van der Waals surface area (Å²) in [4.78, 5) is 0. The second-order valence-electron chi connectivity index (χ2n) is 0.513. The van der Waals surface area contributed by atoms with Gasteiger partial charge in [0.05, 0.1) is 0 Å². The maximum absolute atomic E-state index is 8.94. The van der Waals surface area contributed by atoms with Gasteiger partial charge in [-0.3, -0.25) is 0 Å². The molecule has 75 valence electrons. The van der Waals surface area contributed by atoms with Crippen molar-refractivity contribution < 1.29 is 55.0 Å². The minimum Gasteiger partial charge on any atom is 0 e. The van der Waals surface area contributed by atoms with Crippen LogP contribution in [0.25, 0.3) is 0 Å². The molecule has 0 spiro atoms. The Kier molecular flexibility index (Phi) is 75.3. The van der Waals surface area contributed by atoms with Crippen molar-refractivity contribution in [2.24, 2.45) is 0 Å². The Morgan fingerprint density at radius 2 is 0.800 bits per heavy atom. The third-order valence-electron chi connectivity index (χ3n) is 0. The predicted octanol–water partition coefficient (Wildman–Crippen LogP) is -5.47. The van der Waals surface area contributed by atoms with Gasteiger partial charge in [0, 0.05) is 17.1 Å². The van der Waals surface area contributed by atoms with Gasteiger partial charge in [-0.25, -0.2) is 0 Å². The van der Waals surface area contributed by atoms with Gasteiger partial charge < -0.3 is 21.9 Å². The standard InChI is InChI=1S/AsH3O4.Cu.4H2O/c2-1(3,4)5;;;;;/h(H3,2,3,4,5);;4*1H2. The summed E-state index contributed by atoms with van der Waals surface area (Å²) in [5.41, 5.74) is 0. The molecule has 0 aromatic heterocycles. The van der Waals surface area contributed by atoms with Crippen LogP contribution in [0.2, 0.25) is 0 Å². The molecule has 0 unspecified atom stereocenters. The first-order valence-corrected chi connectivity index (χ1v) is 4.07. The van der Waals surface area contributed by atoms with Gasteiger partial charge in [0.2, 0.25) is 0 Å². The van der Waals surface area contributed by atoms with Crippen molar-refractivity contribution in [3.05, 3.63) is 0 Å². The maximum atomic E-state index is 8.94. The number of rotatable bonds is 0. The van der Waals surface area contributed by atoms with Crippen molar-refractivity contribution in [1.82, 2.24) is 0 Å². The van der Waals surface area contributed by atoms with Gasteiger partial charge in [0.25, 0.3) is 0 Å². The average Bonchev–Trinajstić information content (AvgIpc) is 0.722. The van der Waals surface area contributed by atoms with E-state index in [9.17, 15) is 0 Å². The molecular formula is H11AsCuO8. The van der Waals surface area contributed by atoms with Crippen LogP contribution >= 0.6 is 0 Å². The van der Waals surface area contributed by atoms with Gasteiger partial charge in [-0.05, 0) is 0 Å². The summed E-state index contributed by atoms with van der Waals surface area (Å²) in [5.74, 6) is 0. The van der Waals surface area contributed by atoms with E-state index >= 15 is 0 Å². The summed E-state index contributed by atoms with van der Waals surface area (Å²) in [7, 11) is 0. The van der Waals surface area contributed by atoms with Crippen LogP contribution in [0.5, 0.6) is 0 Å². The van der Waals surface area contributed by atoms with Crippen LogP contribution in [0.3, 0.4) is 0 Å². The first kappa shape index (κ1) is 46.2. The normalized spacial score (nSPS) is 5.90. The van der Waals surface area contributed by atoms with Crippen LogP contribution < -0.4 is 0 Å². The molecule has 0 fully saturated rings. The molecule has 0 saturated heterocycles. The van der Waals surface area contributed by atoms with E-state index in [4.69, 9.17) is 16.0 Å². The molecule has 0 bridgehead atoms. The second kappa shape index (κ2) is 16.3. The van der Waals surface area contributed by atoms with Crippen LogP contribution in [0.1, 0.15) is 0 Å². The second-order valence-corrected chi connectivity index (χ2v) is 2.67. The van der Waals surface area contributed by atoms with Gasteiger partial charge in [0.1, 0.15) is 0 Å². The Hall–Kier alpha value is 0.598. The largest absolute Gasteiger partial charge is 0 e. The summed E-state index contributed by atoms with van der Waals surface area (Å²) in [5, 5.41) is 0. The van der Waals surface area contributed by atoms with E-state index in [1.54, 1.807) is 0 Å². The molecule has 0 aromatic rings. The zero-order valence-electron chi connectivity index (χ0n) is 4.50. The molecule has 11 N–H and O–H groups in total. The van der Waals surface area contributed by atoms with Crippen molar-refractivity contribution in [1.29, 1.82) is 0 Å². The average molecular weight is 278 g/mol. The Balaban J connectivity index is -0.00000000800. The number of hydrogen-bond acceptors (Lipinski definition) is 1. The Morgan fingerprint density at radius 1 is 0.800 bits per heavy atom. The van der Waals surface area contributed by atoms with Crippen LogP contribution in [0, 0.1) is 0 Å². The van der Waals surface area contributed by atoms with E-state index in [1.165, 1.54) is 0 Å². The molecular weight excluding hydrogens is 266 g/mol. The summed E-state index contributed by atoms with van der Waals surface area (Å²) >= 11 is -5.12. The maximum Gasteiger partial charge on any atom is 0 e. The zero-order valence-corrected chi connectivity index (χ0v) is 7.32. The SMILES string of the molecule is O.O.O.O.O=[As](O)(O)O.[Cu]. The minimum absolute atomic E-state index is 0. The fourth-order valence-corrected chi connectivity index (χ4v) is 0. The molecule has 0 atom stereocenters. The smallest absolute Gasteiger partial charge is 0 e. The molecule has 0 heterocycles. The summed E-state index contributed by atoms with van der Waals surface area (Å²) < 4.78 is 30.7. The molecule has 1 radical (unpaired) electrons. The Morgan fingerprint density at radius 3 is 0.800 bits per heavy atom. The van der Waals surface area contributed by atoms with Crippen LogP contribution in [-0.2, 0) is 20.8 Å². The molecule has 8 nitrogen and oxygen atoms in total. The number of hydrogen-bond donors (Lipinski definition) is 3. The van der Waals surface area contributed by atoms with Crippen molar-refractivity contribution in [2.75, 3.05) is 0 Å². The van der Waals surface area contributed by atoms with E-state index in [0.29, 0.717) is 0 Å². The monoisotopic (exact) mass is 277 g/mol. The van der Waals surface area contributed by atoms with E-state index in [-0.39, 0.29) is 39.0 Å². The molecule has 0 aromatic carbocycles. The molecule has 0 aliphatic heterocycles. The van der Waals surface area contributed by atoms with Crippen molar-refractivity contribution in [3.8, 4) is 0 Å². The Labute approximate surface area is 69.9 Å². The molecule has 10 heteroatoms. The van der Waals surface area contributed by atoms with Gasteiger partial charge in [-0.2, -0.15) is 0 Å². The van der Waals surface area contributed by atoms with Crippen LogP contribution in [-0.4, -0.2) is 48.7 Å². The molecule has 0 saturated carbocycles. The third-order valence-corrected chi connectivity index (χ3v) is 0. The van der Waals surface area contributed by atoms with Crippen molar-refractivity contribution >= 4 is 14.5 Å². The van der Waals surface area contributed by atoms with Crippen molar-refractivity contribution in [3.63, 3.8) is 0 Å². The minimum atomic E-state index is -5.12. The first-order valence-electron chi connectivity index (χ1n) is 0.783. The van der Waals surface area contributed by atoms with Crippen LogP contribution in [0.4, 0.5) is 0 Å². The molecule has 0 aliphatic rings. The summed E-state index contributed by atoms with van der Waals surface area (Å²) in [6.07, 6.45) is 0. The van der Waals surface area contributed by atoms with Gasteiger partial charge >= 0.3 is 30.5 Å². The van der Waals surface area contributed by atoms with E-state index in [1.807, 2.05) is 0 Å². The predicted molar refractivity (Wildman–Crippen MR) is 27.6 cm³/mol. The molecule has 0 aliphatic carbocycles. The first-order chi connectivity index (χ1) is 2.00. The molecule has 0 rings (SSSR count). The van der Waals surface area contributed by atoms with Crippen LogP contribution in [0.15, 0.2) is 0 Å². The van der Waals surface area contributed by atoms with Gasteiger partial charge in [-0.1, -0.05) is 0 Å². The summed E-state index contributed by atoms with van der Waals surface area (Å²) in [6.45, 7) is 0. The van der Waals surface area contributed by atoms with Gasteiger partial charge in [0.15, 0.2) is 0 Å². The fourth-order valence-electron chi connectivity index (χ4n) is 0. The zero-order chi connectivity index (χ0) is 4.50. The Bertz CT molecular complexity index is 55.4. The van der Waals surface area contributed by atoms with Crippen molar-refractivity contribution in [2.45, 2.75) is 0 Å². The molecule has 10 heavy (non-hydrogen) atoms. The van der Waals surface area contributed by atoms with Gasteiger partial charge in [-0.15, -0.1) is 0 Å². The van der Waals surface area contributed by atoms with E-state index in [0.717, 1.165) is 0 Å². The third kappa shape index (κ3) is 1390. The topological polar surface area (TPSA) is 204 Å². The van der Waals surface area contributed by atoms with E-state index in [2.05, 4.69) is 0 Å². The van der Waals surface area contributed by atoms with E-state index < -0.39 is 14.5 Å². The molecule has 0 amide bonds. The fraction of sp³-hybridized carbons (Fsp3) is 0. The quantitative estimate of drug-likeness (QED) is 0.370.